The Morgan fingerprint density at radius 3 is 2.14 bits per heavy atom. The van der Waals surface area contributed by atoms with Crippen LogP contribution in [0.25, 0.3) is 0 Å². The van der Waals surface area contributed by atoms with Crippen molar-refractivity contribution in [2.75, 3.05) is 5.75 Å². The van der Waals surface area contributed by atoms with Crippen LogP contribution in [0.4, 0.5) is 0 Å². The van der Waals surface area contributed by atoms with Crippen LogP contribution < -0.4 is 22.9 Å². The van der Waals surface area contributed by atoms with Gasteiger partial charge in [0.1, 0.15) is 11.8 Å². The van der Waals surface area contributed by atoms with E-state index in [1.165, 1.54) is 10.8 Å². The molecular formula is C12H24N4O3S2. The number of amides is 2. The number of hydrogen-bond acceptors (Lipinski definition) is 7. The lowest BCUT2D eigenvalue weighted by molar-refractivity contribution is -0.124. The van der Waals surface area contributed by atoms with Crippen molar-refractivity contribution < 1.29 is 14.4 Å². The van der Waals surface area contributed by atoms with Gasteiger partial charge in [-0.25, -0.2) is 0 Å². The summed E-state index contributed by atoms with van der Waals surface area (Å²) in [6.45, 7) is 2.03. The summed E-state index contributed by atoms with van der Waals surface area (Å²) in [5, 5.41) is -0.732. The highest BCUT2D eigenvalue weighted by atomic mass is 33.1. The van der Waals surface area contributed by atoms with E-state index in [1.807, 2.05) is 6.92 Å². The standard InChI is InChI=1S/C12H24N4O3S2/c1-2-3-4-5-8(17)10(9(14)12(16)19)21-20-6-7(13)11(15)18/h7,9-10H,2-6,13-14H2,1H3,(H2,15,18)(H2,16,19)/t7-,9-,10?/m0/s1. The van der Waals surface area contributed by atoms with Crippen LogP contribution in [0.15, 0.2) is 0 Å². The van der Waals surface area contributed by atoms with Gasteiger partial charge in [0, 0.05) is 12.2 Å². The van der Waals surface area contributed by atoms with Crippen molar-refractivity contribution in [3.05, 3.63) is 0 Å². The lowest BCUT2D eigenvalue weighted by Gasteiger charge is -2.19. The lowest BCUT2D eigenvalue weighted by Crippen LogP contribution is -2.47. The molecule has 8 N–H and O–H groups in total. The van der Waals surface area contributed by atoms with Crippen molar-refractivity contribution in [2.24, 2.45) is 22.9 Å². The fourth-order valence-electron chi connectivity index (χ4n) is 1.42. The molecule has 0 aromatic carbocycles. The molecule has 0 saturated carbocycles. The van der Waals surface area contributed by atoms with Gasteiger partial charge in [0.2, 0.25) is 11.8 Å². The van der Waals surface area contributed by atoms with Gasteiger partial charge in [-0.05, 0) is 6.42 Å². The molecule has 122 valence electrons. The fraction of sp³-hybridized carbons (Fsp3) is 0.750. The second-order valence-electron chi connectivity index (χ2n) is 4.66. The first-order chi connectivity index (χ1) is 9.81. The van der Waals surface area contributed by atoms with E-state index in [-0.39, 0.29) is 11.5 Å². The number of Topliss-reactive ketones (excluding diaryl/α,β-unsaturated/α-hetero) is 1. The Balaban J connectivity index is 4.49. The largest absolute Gasteiger partial charge is 0.368 e. The normalized spacial score (nSPS) is 15.2. The number of carbonyl (C=O) groups excluding carboxylic acids is 3. The van der Waals surface area contributed by atoms with Gasteiger partial charge in [-0.3, -0.25) is 14.4 Å². The zero-order chi connectivity index (χ0) is 16.4. The third-order valence-electron chi connectivity index (χ3n) is 2.78. The van der Waals surface area contributed by atoms with Crippen molar-refractivity contribution in [1.29, 1.82) is 0 Å². The average molecular weight is 336 g/mol. The molecule has 0 radical (unpaired) electrons. The van der Waals surface area contributed by atoms with Gasteiger partial charge in [0.15, 0.2) is 0 Å². The lowest BCUT2D eigenvalue weighted by atomic mass is 10.0. The van der Waals surface area contributed by atoms with Crippen LogP contribution in [0.3, 0.4) is 0 Å². The number of nitrogens with two attached hydrogens (primary N) is 4. The molecule has 1 unspecified atom stereocenters. The molecule has 0 bridgehead atoms. The predicted octanol–water partition coefficient (Wildman–Crippen LogP) is -0.489. The van der Waals surface area contributed by atoms with Crippen LogP contribution in [-0.4, -0.2) is 40.7 Å². The third kappa shape index (κ3) is 8.30. The first-order valence-electron chi connectivity index (χ1n) is 6.72. The number of ketones is 1. The zero-order valence-corrected chi connectivity index (χ0v) is 13.8. The SMILES string of the molecule is CCCCCC(=O)C(SSC[C@H](N)C(N)=O)[C@H](N)C(N)=O. The maximum absolute atomic E-state index is 12.1. The Hall–Kier alpha value is -0.770. The Morgan fingerprint density at radius 1 is 1.05 bits per heavy atom. The van der Waals surface area contributed by atoms with Crippen LogP contribution in [0.2, 0.25) is 0 Å². The maximum atomic E-state index is 12.1. The molecule has 0 aliphatic rings. The van der Waals surface area contributed by atoms with E-state index in [0.717, 1.165) is 30.1 Å². The van der Waals surface area contributed by atoms with E-state index < -0.39 is 29.1 Å². The number of primary amides is 2. The van der Waals surface area contributed by atoms with E-state index in [2.05, 4.69) is 0 Å². The van der Waals surface area contributed by atoms with Gasteiger partial charge in [0.05, 0.1) is 11.3 Å². The molecule has 2 amide bonds. The zero-order valence-electron chi connectivity index (χ0n) is 12.1. The second kappa shape index (κ2) is 10.9. The number of rotatable bonds is 12. The molecule has 9 heteroatoms. The molecule has 21 heavy (non-hydrogen) atoms. The summed E-state index contributed by atoms with van der Waals surface area (Å²) < 4.78 is 0. The summed E-state index contributed by atoms with van der Waals surface area (Å²) in [5.41, 5.74) is 21.4. The summed E-state index contributed by atoms with van der Waals surface area (Å²) in [7, 11) is 2.32. The second-order valence-corrected chi connectivity index (χ2v) is 7.22. The van der Waals surface area contributed by atoms with Crippen LogP contribution in [0.1, 0.15) is 32.6 Å². The minimum atomic E-state index is -1.05. The van der Waals surface area contributed by atoms with Crippen LogP contribution in [0.5, 0.6) is 0 Å². The first-order valence-corrected chi connectivity index (χ1v) is 9.10. The van der Waals surface area contributed by atoms with Crippen molar-refractivity contribution >= 4 is 39.2 Å². The Labute approximate surface area is 132 Å². The molecule has 0 fully saturated rings. The highest BCUT2D eigenvalue weighted by molar-refractivity contribution is 8.77. The van der Waals surface area contributed by atoms with E-state index in [9.17, 15) is 14.4 Å². The Kier molecular flexibility index (Phi) is 10.5. The molecule has 3 atom stereocenters. The number of hydrogen-bond donors (Lipinski definition) is 4. The molecule has 0 aromatic rings. The van der Waals surface area contributed by atoms with Crippen LogP contribution in [0, 0.1) is 0 Å². The van der Waals surface area contributed by atoms with Gasteiger partial charge in [-0.2, -0.15) is 0 Å². The molecule has 0 saturated heterocycles. The minimum Gasteiger partial charge on any atom is -0.368 e. The molecule has 0 spiro atoms. The molecule has 0 aliphatic heterocycles. The monoisotopic (exact) mass is 336 g/mol. The van der Waals surface area contributed by atoms with Crippen LogP contribution >= 0.6 is 21.6 Å². The quantitative estimate of drug-likeness (QED) is 0.277. The summed E-state index contributed by atoms with van der Waals surface area (Å²) >= 11 is 0. The molecule has 7 nitrogen and oxygen atoms in total. The Morgan fingerprint density at radius 2 is 1.67 bits per heavy atom. The smallest absolute Gasteiger partial charge is 0.235 e. The van der Waals surface area contributed by atoms with E-state index in [4.69, 9.17) is 22.9 Å². The fourth-order valence-corrected chi connectivity index (χ4v) is 4.23. The van der Waals surface area contributed by atoms with E-state index >= 15 is 0 Å². The van der Waals surface area contributed by atoms with Gasteiger partial charge < -0.3 is 22.9 Å². The van der Waals surface area contributed by atoms with Crippen molar-refractivity contribution in [1.82, 2.24) is 0 Å². The number of carbonyl (C=O) groups is 3. The van der Waals surface area contributed by atoms with E-state index in [1.54, 1.807) is 0 Å². The van der Waals surface area contributed by atoms with Gasteiger partial charge >= 0.3 is 0 Å². The molecule has 0 rings (SSSR count). The topological polar surface area (TPSA) is 155 Å². The summed E-state index contributed by atoms with van der Waals surface area (Å²) in [6, 6.07) is -1.86. The van der Waals surface area contributed by atoms with Crippen LogP contribution in [-0.2, 0) is 14.4 Å². The van der Waals surface area contributed by atoms with Crippen molar-refractivity contribution in [3.63, 3.8) is 0 Å². The van der Waals surface area contributed by atoms with Crippen molar-refractivity contribution in [2.45, 2.75) is 49.9 Å². The van der Waals surface area contributed by atoms with Gasteiger partial charge in [-0.15, -0.1) is 0 Å². The highest BCUT2D eigenvalue weighted by Gasteiger charge is 2.30. The van der Waals surface area contributed by atoms with Gasteiger partial charge in [-0.1, -0.05) is 41.4 Å². The minimum absolute atomic E-state index is 0.111. The average Bonchev–Trinajstić information content (AvgIpc) is 2.42. The summed E-state index contributed by atoms with van der Waals surface area (Å²) in [5.74, 6) is -1.21. The molecular weight excluding hydrogens is 312 g/mol. The van der Waals surface area contributed by atoms with E-state index in [0.29, 0.717) is 6.42 Å². The summed E-state index contributed by atoms with van der Waals surface area (Å²) in [6.07, 6.45) is 3.04. The molecule has 0 aliphatic carbocycles. The molecule has 0 heterocycles. The maximum Gasteiger partial charge on any atom is 0.235 e. The third-order valence-corrected chi connectivity index (χ3v) is 5.62. The predicted molar refractivity (Wildman–Crippen MR) is 87.3 cm³/mol. The molecule has 0 aromatic heterocycles. The Bertz CT molecular complexity index is 368. The highest BCUT2D eigenvalue weighted by Crippen LogP contribution is 2.30. The van der Waals surface area contributed by atoms with Crippen molar-refractivity contribution in [3.8, 4) is 0 Å². The first kappa shape index (κ1) is 20.2. The van der Waals surface area contributed by atoms with Gasteiger partial charge in [0.25, 0.3) is 0 Å². The summed E-state index contributed by atoms with van der Waals surface area (Å²) in [4.78, 5) is 34.2. The number of unbranched alkanes of at least 4 members (excludes halogenated alkanes) is 2.